The molecule has 21 heavy (non-hydrogen) atoms. The van der Waals surface area contributed by atoms with E-state index in [2.05, 4.69) is 34.5 Å². The molecule has 1 unspecified atom stereocenters. The minimum Gasteiger partial charge on any atom is -0.310 e. The Balaban J connectivity index is 1.73. The molecule has 4 nitrogen and oxygen atoms in total. The SMILES string of the molecule is CC(CS(C)(=O)=O)NC1CCN(Cc2ccccc2)CC1. The summed E-state index contributed by atoms with van der Waals surface area (Å²) in [6, 6.07) is 11.0. The fraction of sp³-hybridized carbons (Fsp3) is 0.625. The van der Waals surface area contributed by atoms with Crippen molar-refractivity contribution in [1.29, 1.82) is 0 Å². The van der Waals surface area contributed by atoms with E-state index in [1.807, 2.05) is 13.0 Å². The Morgan fingerprint density at radius 1 is 1.24 bits per heavy atom. The predicted molar refractivity (Wildman–Crippen MR) is 87.0 cm³/mol. The zero-order chi connectivity index (χ0) is 15.3. The molecule has 118 valence electrons. The molecule has 1 heterocycles. The summed E-state index contributed by atoms with van der Waals surface area (Å²) in [4.78, 5) is 2.47. The first-order chi connectivity index (χ1) is 9.92. The molecule has 1 aliphatic heterocycles. The van der Waals surface area contributed by atoms with Crippen molar-refractivity contribution in [3.8, 4) is 0 Å². The van der Waals surface area contributed by atoms with Gasteiger partial charge in [0.2, 0.25) is 0 Å². The van der Waals surface area contributed by atoms with Gasteiger partial charge in [0.15, 0.2) is 0 Å². The molecular weight excluding hydrogens is 284 g/mol. The lowest BCUT2D eigenvalue weighted by atomic mass is 10.0. The lowest BCUT2D eigenvalue weighted by molar-refractivity contribution is 0.186. The Morgan fingerprint density at radius 3 is 2.43 bits per heavy atom. The average molecular weight is 310 g/mol. The highest BCUT2D eigenvalue weighted by Crippen LogP contribution is 2.14. The second-order valence-electron chi connectivity index (χ2n) is 6.20. The van der Waals surface area contributed by atoms with Crippen molar-refractivity contribution in [3.63, 3.8) is 0 Å². The molecule has 0 saturated carbocycles. The fourth-order valence-electron chi connectivity index (χ4n) is 3.00. The van der Waals surface area contributed by atoms with Gasteiger partial charge in [-0.15, -0.1) is 0 Å². The highest BCUT2D eigenvalue weighted by molar-refractivity contribution is 7.90. The highest BCUT2D eigenvalue weighted by atomic mass is 32.2. The van der Waals surface area contributed by atoms with Gasteiger partial charge in [-0.2, -0.15) is 0 Å². The Morgan fingerprint density at radius 2 is 1.86 bits per heavy atom. The van der Waals surface area contributed by atoms with Gasteiger partial charge < -0.3 is 5.32 Å². The molecule has 0 aliphatic carbocycles. The van der Waals surface area contributed by atoms with Gasteiger partial charge in [0.05, 0.1) is 5.75 Å². The summed E-state index contributed by atoms with van der Waals surface area (Å²) in [7, 11) is -2.90. The second-order valence-corrected chi connectivity index (χ2v) is 8.38. The van der Waals surface area contributed by atoms with Gasteiger partial charge in [0.25, 0.3) is 0 Å². The Labute approximate surface area is 128 Å². The van der Waals surface area contributed by atoms with Crippen LogP contribution in [0.25, 0.3) is 0 Å². The molecule has 1 saturated heterocycles. The van der Waals surface area contributed by atoms with Crippen LogP contribution in [0.4, 0.5) is 0 Å². The standard InChI is InChI=1S/C16H26N2O2S/c1-14(13-21(2,19)20)17-16-8-10-18(11-9-16)12-15-6-4-3-5-7-15/h3-7,14,16-17H,8-13H2,1-2H3. The molecule has 1 fully saturated rings. The minimum absolute atomic E-state index is 0.0330. The Bertz CT molecular complexity index is 522. The van der Waals surface area contributed by atoms with E-state index in [1.54, 1.807) is 0 Å². The smallest absolute Gasteiger partial charge is 0.148 e. The summed E-state index contributed by atoms with van der Waals surface area (Å²) in [5.74, 6) is 0.219. The quantitative estimate of drug-likeness (QED) is 0.868. The molecule has 0 spiro atoms. The van der Waals surface area contributed by atoms with E-state index < -0.39 is 9.84 Å². The highest BCUT2D eigenvalue weighted by Gasteiger charge is 2.21. The van der Waals surface area contributed by atoms with Gasteiger partial charge in [0.1, 0.15) is 9.84 Å². The van der Waals surface area contributed by atoms with Crippen LogP contribution in [0.1, 0.15) is 25.3 Å². The third-order valence-electron chi connectivity index (χ3n) is 3.91. The molecular formula is C16H26N2O2S. The van der Waals surface area contributed by atoms with Crippen LogP contribution < -0.4 is 5.32 Å². The number of piperidine rings is 1. The number of benzene rings is 1. The summed E-state index contributed by atoms with van der Waals surface area (Å²) in [6.07, 6.45) is 3.47. The Kier molecular flexibility index (Phi) is 5.79. The van der Waals surface area contributed by atoms with Gasteiger partial charge >= 0.3 is 0 Å². The molecule has 0 bridgehead atoms. The van der Waals surface area contributed by atoms with Crippen LogP contribution in [0.3, 0.4) is 0 Å². The lowest BCUT2D eigenvalue weighted by Gasteiger charge is -2.33. The van der Waals surface area contributed by atoms with Crippen molar-refractivity contribution < 1.29 is 8.42 Å². The van der Waals surface area contributed by atoms with E-state index in [9.17, 15) is 8.42 Å². The number of nitrogens with one attached hydrogen (secondary N) is 1. The zero-order valence-corrected chi connectivity index (χ0v) is 13.8. The first-order valence-corrected chi connectivity index (χ1v) is 9.68. The van der Waals surface area contributed by atoms with E-state index in [0.29, 0.717) is 6.04 Å². The van der Waals surface area contributed by atoms with Crippen molar-refractivity contribution in [2.24, 2.45) is 0 Å². The average Bonchev–Trinajstić information content (AvgIpc) is 2.40. The van der Waals surface area contributed by atoms with Crippen LogP contribution in [0.5, 0.6) is 0 Å². The number of rotatable bonds is 6. The summed E-state index contributed by atoms with van der Waals surface area (Å²) in [6.45, 7) is 5.10. The van der Waals surface area contributed by atoms with Crippen LogP contribution in [0.2, 0.25) is 0 Å². The van der Waals surface area contributed by atoms with Crippen LogP contribution in [0, 0.1) is 0 Å². The molecule has 1 aliphatic rings. The van der Waals surface area contributed by atoms with Crippen molar-refractivity contribution in [2.75, 3.05) is 25.1 Å². The van der Waals surface area contributed by atoms with Crippen molar-refractivity contribution in [1.82, 2.24) is 10.2 Å². The first kappa shape index (κ1) is 16.5. The fourth-order valence-corrected chi connectivity index (χ4v) is 4.01. The van der Waals surface area contributed by atoms with E-state index in [1.165, 1.54) is 11.8 Å². The number of nitrogens with zero attached hydrogens (tertiary/aromatic N) is 1. The van der Waals surface area contributed by atoms with Gasteiger partial charge in [0, 0.05) is 24.9 Å². The van der Waals surface area contributed by atoms with E-state index in [0.717, 1.165) is 32.5 Å². The van der Waals surface area contributed by atoms with Crippen molar-refractivity contribution in [3.05, 3.63) is 35.9 Å². The molecule has 5 heteroatoms. The van der Waals surface area contributed by atoms with E-state index >= 15 is 0 Å². The molecule has 1 N–H and O–H groups in total. The lowest BCUT2D eigenvalue weighted by Crippen LogP contribution is -2.46. The molecule has 0 amide bonds. The molecule has 2 rings (SSSR count). The van der Waals surface area contributed by atoms with Gasteiger partial charge in [-0.05, 0) is 38.4 Å². The Hall–Kier alpha value is -0.910. The molecule has 0 radical (unpaired) electrons. The monoisotopic (exact) mass is 310 g/mol. The molecule has 1 atom stereocenters. The molecule has 1 aromatic carbocycles. The van der Waals surface area contributed by atoms with Gasteiger partial charge in [-0.3, -0.25) is 4.90 Å². The summed E-state index contributed by atoms with van der Waals surface area (Å²) < 4.78 is 22.6. The number of hydrogen-bond acceptors (Lipinski definition) is 4. The molecule has 0 aromatic heterocycles. The largest absolute Gasteiger partial charge is 0.310 e. The maximum absolute atomic E-state index is 11.3. The van der Waals surface area contributed by atoms with Crippen molar-refractivity contribution in [2.45, 2.75) is 38.4 Å². The third-order valence-corrected chi connectivity index (χ3v) is 5.02. The summed E-state index contributed by atoms with van der Waals surface area (Å²) in [5, 5.41) is 3.45. The minimum atomic E-state index is -2.90. The van der Waals surface area contributed by atoms with Crippen LogP contribution in [-0.2, 0) is 16.4 Å². The first-order valence-electron chi connectivity index (χ1n) is 7.62. The van der Waals surface area contributed by atoms with Crippen molar-refractivity contribution >= 4 is 9.84 Å². The maximum atomic E-state index is 11.3. The predicted octanol–water partition coefficient (Wildman–Crippen LogP) is 1.67. The van der Waals surface area contributed by atoms with E-state index in [-0.39, 0.29) is 11.8 Å². The third kappa shape index (κ3) is 6.16. The second kappa shape index (κ2) is 7.38. The maximum Gasteiger partial charge on any atom is 0.148 e. The number of hydrogen-bond donors (Lipinski definition) is 1. The van der Waals surface area contributed by atoms with Gasteiger partial charge in [-0.1, -0.05) is 30.3 Å². The molecule has 1 aromatic rings. The zero-order valence-electron chi connectivity index (χ0n) is 13.0. The summed E-state index contributed by atoms with van der Waals surface area (Å²) >= 11 is 0. The van der Waals surface area contributed by atoms with E-state index in [4.69, 9.17) is 0 Å². The number of sulfone groups is 1. The topological polar surface area (TPSA) is 49.4 Å². The summed E-state index contributed by atoms with van der Waals surface area (Å²) in [5.41, 5.74) is 1.36. The van der Waals surface area contributed by atoms with Crippen LogP contribution >= 0.6 is 0 Å². The van der Waals surface area contributed by atoms with Crippen LogP contribution in [-0.4, -0.2) is 50.5 Å². The number of likely N-dealkylation sites (tertiary alicyclic amines) is 1. The van der Waals surface area contributed by atoms with Crippen LogP contribution in [0.15, 0.2) is 30.3 Å². The normalized spacial score (nSPS) is 19.5. The van der Waals surface area contributed by atoms with Gasteiger partial charge in [-0.25, -0.2) is 8.42 Å².